The molecule has 1 amide bonds. The van der Waals surface area contributed by atoms with Crippen LogP contribution in [0.1, 0.15) is 15.9 Å². The zero-order chi connectivity index (χ0) is 18.6. The summed E-state index contributed by atoms with van der Waals surface area (Å²) in [4.78, 5) is 14.2. The second kappa shape index (κ2) is 8.03. The van der Waals surface area contributed by atoms with E-state index in [2.05, 4.69) is 0 Å². The summed E-state index contributed by atoms with van der Waals surface area (Å²) in [5, 5.41) is 1.62. The van der Waals surface area contributed by atoms with E-state index in [4.69, 9.17) is 11.6 Å². The van der Waals surface area contributed by atoms with E-state index in [1.165, 1.54) is 9.71 Å². The smallest absolute Gasteiger partial charge is 0.255 e. The first-order valence-corrected chi connectivity index (χ1v) is 10.1. The molecule has 26 heavy (non-hydrogen) atoms. The third kappa shape index (κ3) is 4.33. The average molecular weight is 391 g/mol. The van der Waals surface area contributed by atoms with Crippen molar-refractivity contribution in [1.82, 2.24) is 9.21 Å². The predicted molar refractivity (Wildman–Crippen MR) is 103 cm³/mol. The second-order valence-electron chi connectivity index (χ2n) is 5.93. The Balaban J connectivity index is 1.63. The van der Waals surface area contributed by atoms with Crippen molar-refractivity contribution in [1.29, 1.82) is 0 Å². The van der Waals surface area contributed by atoms with E-state index in [9.17, 15) is 13.2 Å². The van der Waals surface area contributed by atoms with Crippen LogP contribution >= 0.6 is 11.6 Å². The highest BCUT2D eigenvalue weighted by atomic mass is 35.5. The van der Waals surface area contributed by atoms with Gasteiger partial charge in [0.2, 0.25) is 10.0 Å². The Morgan fingerprint density at radius 1 is 0.923 bits per heavy atom. The molecular weight excluding hydrogens is 372 g/mol. The fourth-order valence-corrected chi connectivity index (χ4v) is 4.16. The number of piperazine rings is 1. The predicted octanol–water partition coefficient (Wildman–Crippen LogP) is 3.10. The summed E-state index contributed by atoms with van der Waals surface area (Å²) in [6.45, 7) is 1.19. The molecule has 0 aromatic heterocycles. The lowest BCUT2D eigenvalue weighted by Crippen LogP contribution is -2.50. The third-order valence-electron chi connectivity index (χ3n) is 4.22. The minimum atomic E-state index is -3.51. The van der Waals surface area contributed by atoms with Crippen molar-refractivity contribution in [2.45, 2.75) is 0 Å². The fraction of sp³-hybridized carbons (Fsp3) is 0.211. The van der Waals surface area contributed by atoms with Gasteiger partial charge >= 0.3 is 0 Å². The van der Waals surface area contributed by atoms with Crippen LogP contribution in [0.15, 0.2) is 60.0 Å². The van der Waals surface area contributed by atoms with Gasteiger partial charge in [0.05, 0.1) is 10.6 Å². The number of benzene rings is 2. The summed E-state index contributed by atoms with van der Waals surface area (Å²) in [5.74, 6) is -0.174. The Morgan fingerprint density at radius 3 is 2.19 bits per heavy atom. The molecule has 0 atom stereocenters. The van der Waals surface area contributed by atoms with Gasteiger partial charge in [0.25, 0.3) is 5.91 Å². The molecule has 0 spiro atoms. The molecule has 1 fully saturated rings. The number of rotatable bonds is 4. The first-order chi connectivity index (χ1) is 12.5. The first-order valence-electron chi connectivity index (χ1n) is 8.24. The van der Waals surface area contributed by atoms with Crippen LogP contribution in [0.4, 0.5) is 0 Å². The molecule has 3 rings (SSSR count). The van der Waals surface area contributed by atoms with Crippen LogP contribution in [0.5, 0.6) is 0 Å². The summed E-state index contributed by atoms with van der Waals surface area (Å²) >= 11 is 6.08. The van der Waals surface area contributed by atoms with Gasteiger partial charge in [-0.05, 0) is 23.8 Å². The van der Waals surface area contributed by atoms with E-state index in [0.717, 1.165) is 5.56 Å². The maximum atomic E-state index is 12.5. The van der Waals surface area contributed by atoms with Crippen molar-refractivity contribution in [2.75, 3.05) is 26.2 Å². The van der Waals surface area contributed by atoms with Crippen LogP contribution in [-0.2, 0) is 10.0 Å². The molecule has 0 N–H and O–H groups in total. The summed E-state index contributed by atoms with van der Waals surface area (Å²) in [5.41, 5.74) is 1.26. The van der Waals surface area contributed by atoms with Crippen LogP contribution < -0.4 is 0 Å². The van der Waals surface area contributed by atoms with Crippen molar-refractivity contribution in [3.05, 3.63) is 76.2 Å². The molecule has 136 valence electrons. The van der Waals surface area contributed by atoms with E-state index in [0.29, 0.717) is 23.7 Å². The van der Waals surface area contributed by atoms with Crippen molar-refractivity contribution in [3.8, 4) is 0 Å². The Morgan fingerprint density at radius 2 is 1.54 bits per heavy atom. The molecule has 7 heteroatoms. The zero-order valence-electron chi connectivity index (χ0n) is 14.1. The van der Waals surface area contributed by atoms with Gasteiger partial charge in [-0.1, -0.05) is 54.1 Å². The molecule has 0 saturated carbocycles. The molecule has 0 unspecified atom stereocenters. The molecule has 1 aliphatic rings. The van der Waals surface area contributed by atoms with Gasteiger partial charge in [-0.2, -0.15) is 4.31 Å². The van der Waals surface area contributed by atoms with Crippen LogP contribution in [0.3, 0.4) is 0 Å². The third-order valence-corrected chi connectivity index (χ3v) is 6.12. The Hall–Kier alpha value is -2.15. The Kier molecular flexibility index (Phi) is 5.76. The highest BCUT2D eigenvalue weighted by molar-refractivity contribution is 7.92. The number of hydrogen-bond donors (Lipinski definition) is 0. The van der Waals surface area contributed by atoms with Crippen molar-refractivity contribution in [2.24, 2.45) is 0 Å². The van der Waals surface area contributed by atoms with E-state index in [1.54, 1.807) is 35.2 Å². The van der Waals surface area contributed by atoms with Crippen LogP contribution in [-0.4, -0.2) is 49.7 Å². The molecule has 0 aliphatic carbocycles. The van der Waals surface area contributed by atoms with Crippen molar-refractivity contribution < 1.29 is 13.2 Å². The number of nitrogens with zero attached hydrogens (tertiary/aromatic N) is 2. The summed E-state index contributed by atoms with van der Waals surface area (Å²) in [6.07, 6.45) is 1.58. The summed E-state index contributed by atoms with van der Waals surface area (Å²) < 4.78 is 26.3. The molecule has 0 radical (unpaired) electrons. The second-order valence-corrected chi connectivity index (χ2v) is 8.16. The average Bonchev–Trinajstić information content (AvgIpc) is 2.67. The fourth-order valence-electron chi connectivity index (χ4n) is 2.77. The lowest BCUT2D eigenvalue weighted by atomic mass is 10.2. The van der Waals surface area contributed by atoms with Crippen molar-refractivity contribution in [3.63, 3.8) is 0 Å². The minimum absolute atomic E-state index is 0.174. The molecule has 5 nitrogen and oxygen atoms in total. The lowest BCUT2D eigenvalue weighted by molar-refractivity contribution is 0.0699. The number of sulfonamides is 1. The minimum Gasteiger partial charge on any atom is -0.336 e. The van der Waals surface area contributed by atoms with Crippen LogP contribution in [0, 0.1) is 0 Å². The molecule has 0 bridgehead atoms. The van der Waals surface area contributed by atoms with E-state index >= 15 is 0 Å². The lowest BCUT2D eigenvalue weighted by Gasteiger charge is -2.33. The highest BCUT2D eigenvalue weighted by Crippen LogP contribution is 2.19. The van der Waals surface area contributed by atoms with Gasteiger partial charge in [-0.25, -0.2) is 8.42 Å². The van der Waals surface area contributed by atoms with Gasteiger partial charge < -0.3 is 4.90 Å². The Bertz CT molecular complexity index is 905. The van der Waals surface area contributed by atoms with Gasteiger partial charge in [0.1, 0.15) is 0 Å². The maximum absolute atomic E-state index is 12.5. The van der Waals surface area contributed by atoms with Gasteiger partial charge in [-0.3, -0.25) is 4.79 Å². The maximum Gasteiger partial charge on any atom is 0.255 e. The number of amides is 1. The largest absolute Gasteiger partial charge is 0.336 e. The topological polar surface area (TPSA) is 57.7 Å². The Labute approximate surface area is 158 Å². The van der Waals surface area contributed by atoms with Crippen molar-refractivity contribution >= 4 is 33.6 Å². The molecule has 2 aromatic carbocycles. The molecule has 1 aliphatic heterocycles. The highest BCUT2D eigenvalue weighted by Gasteiger charge is 2.28. The summed E-state index contributed by atoms with van der Waals surface area (Å²) in [6, 6.07) is 16.1. The zero-order valence-corrected chi connectivity index (χ0v) is 15.7. The standard InChI is InChI=1S/C19H19ClN2O3S/c20-18-9-5-4-8-17(18)19(23)21-11-13-22(14-12-21)26(24,25)15-10-16-6-2-1-3-7-16/h1-10,15H,11-14H2/b15-10+. The summed E-state index contributed by atoms with van der Waals surface area (Å²) in [7, 11) is -3.51. The quantitative estimate of drug-likeness (QED) is 0.806. The molecule has 1 heterocycles. The number of carbonyl (C=O) groups excluding carboxylic acids is 1. The van der Waals surface area contributed by atoms with E-state index in [1.807, 2.05) is 30.3 Å². The van der Waals surface area contributed by atoms with Crippen LogP contribution in [0.2, 0.25) is 5.02 Å². The molecule has 1 saturated heterocycles. The monoisotopic (exact) mass is 390 g/mol. The number of hydrogen-bond acceptors (Lipinski definition) is 3. The first kappa shape index (κ1) is 18.6. The van der Waals surface area contributed by atoms with Gasteiger partial charge in [0.15, 0.2) is 0 Å². The number of carbonyl (C=O) groups is 1. The van der Waals surface area contributed by atoms with E-state index < -0.39 is 10.0 Å². The number of halogens is 1. The normalized spacial score (nSPS) is 16.1. The SMILES string of the molecule is O=C(c1ccccc1Cl)N1CCN(S(=O)(=O)/C=C/c2ccccc2)CC1. The van der Waals surface area contributed by atoms with Gasteiger partial charge in [-0.15, -0.1) is 0 Å². The van der Waals surface area contributed by atoms with Crippen LogP contribution in [0.25, 0.3) is 6.08 Å². The molecule has 2 aromatic rings. The molecular formula is C19H19ClN2O3S. The van der Waals surface area contributed by atoms with E-state index in [-0.39, 0.29) is 19.0 Å². The van der Waals surface area contributed by atoms with Gasteiger partial charge in [0, 0.05) is 31.6 Å².